The van der Waals surface area contributed by atoms with Crippen LogP contribution in [-0.4, -0.2) is 36.1 Å². The molecule has 0 aliphatic carbocycles. The third-order valence-corrected chi connectivity index (χ3v) is 5.70. The molecule has 0 spiro atoms. The molecule has 3 heterocycles. The molecule has 2 aliphatic heterocycles. The van der Waals surface area contributed by atoms with Crippen LogP contribution in [0, 0.1) is 6.92 Å². The number of nitrogens with zero attached hydrogens (tertiary/aromatic N) is 3. The first-order valence-corrected chi connectivity index (χ1v) is 9.60. The minimum Gasteiger partial charge on any atom is -0.441 e. The molecule has 0 bridgehead atoms. The molecule has 6 heteroatoms. The van der Waals surface area contributed by atoms with Crippen LogP contribution in [0.25, 0.3) is 6.08 Å². The van der Waals surface area contributed by atoms with Crippen LogP contribution in [0.2, 0.25) is 0 Å². The van der Waals surface area contributed by atoms with Gasteiger partial charge in [0, 0.05) is 32.3 Å². The van der Waals surface area contributed by atoms with E-state index in [-0.39, 0.29) is 5.91 Å². The van der Waals surface area contributed by atoms with Crippen LogP contribution in [0.3, 0.4) is 0 Å². The number of carbonyl (C=O) groups is 1. The summed E-state index contributed by atoms with van der Waals surface area (Å²) in [6.45, 7) is 4.08. The van der Waals surface area contributed by atoms with Gasteiger partial charge in [0.05, 0.1) is 10.6 Å². The molecule has 2 aliphatic rings. The van der Waals surface area contributed by atoms with Crippen LogP contribution in [0.1, 0.15) is 24.2 Å². The molecule has 5 nitrogen and oxygen atoms in total. The Morgan fingerprint density at radius 1 is 1.15 bits per heavy atom. The van der Waals surface area contributed by atoms with Crippen LogP contribution >= 0.6 is 11.8 Å². The predicted molar refractivity (Wildman–Crippen MR) is 107 cm³/mol. The summed E-state index contributed by atoms with van der Waals surface area (Å²) >= 11 is 1.38. The fourth-order valence-corrected chi connectivity index (χ4v) is 4.06. The summed E-state index contributed by atoms with van der Waals surface area (Å²) in [5, 5.41) is 0.682. The summed E-state index contributed by atoms with van der Waals surface area (Å²) in [6.07, 6.45) is 4.22. The number of aryl methyl sites for hydroxylation is 1. The Hall–Kier alpha value is -2.47. The number of amides is 1. The van der Waals surface area contributed by atoms with Crippen molar-refractivity contribution in [3.63, 3.8) is 0 Å². The lowest BCUT2D eigenvalue weighted by atomic mass is 10.2. The molecule has 1 aromatic heterocycles. The van der Waals surface area contributed by atoms with Crippen LogP contribution in [0.15, 0.2) is 50.7 Å². The number of para-hydroxylation sites is 1. The third-order valence-electron chi connectivity index (χ3n) is 4.64. The van der Waals surface area contributed by atoms with Crippen molar-refractivity contribution in [3.8, 4) is 0 Å². The molecule has 1 amide bonds. The van der Waals surface area contributed by atoms with Gasteiger partial charge in [0.15, 0.2) is 11.1 Å². The first-order chi connectivity index (χ1) is 12.6. The lowest BCUT2D eigenvalue weighted by Gasteiger charge is -2.12. The third kappa shape index (κ3) is 3.29. The largest absolute Gasteiger partial charge is 0.441 e. The van der Waals surface area contributed by atoms with Crippen LogP contribution in [0.5, 0.6) is 0 Å². The maximum absolute atomic E-state index is 12.6. The fraction of sp³-hybridized carbons (Fsp3) is 0.300. The zero-order valence-corrected chi connectivity index (χ0v) is 15.8. The lowest BCUT2D eigenvalue weighted by Crippen LogP contribution is -2.23. The molecule has 134 valence electrons. The molecule has 0 unspecified atom stereocenters. The maximum Gasteiger partial charge on any atom is 0.266 e. The van der Waals surface area contributed by atoms with Crippen LogP contribution in [0.4, 0.5) is 11.6 Å². The highest BCUT2D eigenvalue weighted by Crippen LogP contribution is 2.34. The molecule has 0 radical (unpaired) electrons. The monoisotopic (exact) mass is 367 g/mol. The first kappa shape index (κ1) is 17.0. The molecule has 0 saturated carbocycles. The van der Waals surface area contributed by atoms with E-state index >= 15 is 0 Å². The van der Waals surface area contributed by atoms with Gasteiger partial charge in [-0.15, -0.1) is 0 Å². The average Bonchev–Trinajstić information content (AvgIpc) is 3.36. The minimum absolute atomic E-state index is 0.0542. The van der Waals surface area contributed by atoms with Gasteiger partial charge in [0.2, 0.25) is 0 Å². The van der Waals surface area contributed by atoms with Gasteiger partial charge in [0.1, 0.15) is 5.76 Å². The van der Waals surface area contributed by atoms with Crippen molar-refractivity contribution in [2.24, 2.45) is 4.99 Å². The zero-order valence-electron chi connectivity index (χ0n) is 14.9. The number of thioether (sulfide) groups is 1. The van der Waals surface area contributed by atoms with E-state index in [9.17, 15) is 4.79 Å². The summed E-state index contributed by atoms with van der Waals surface area (Å²) in [4.78, 5) is 21.7. The molecular formula is C20H21N3O2S. The summed E-state index contributed by atoms with van der Waals surface area (Å²) in [5.41, 5.74) is 1.96. The number of hydrogen-bond donors (Lipinski definition) is 0. The lowest BCUT2D eigenvalue weighted by molar-refractivity contribution is -0.121. The Morgan fingerprint density at radius 2 is 1.92 bits per heavy atom. The SMILES string of the molecule is Cc1ccccc1N=C1S/C(=C/c2ccc(N3CCCC3)o2)C(=O)N1C. The number of anilines is 1. The highest BCUT2D eigenvalue weighted by atomic mass is 32.2. The van der Waals surface area contributed by atoms with E-state index in [1.54, 1.807) is 11.9 Å². The van der Waals surface area contributed by atoms with Crippen molar-refractivity contribution >= 4 is 40.5 Å². The average molecular weight is 367 g/mol. The Labute approximate surface area is 157 Å². The molecular weight excluding hydrogens is 346 g/mol. The number of aliphatic imine (C=N–C) groups is 1. The van der Waals surface area contributed by atoms with Gasteiger partial charge in [-0.3, -0.25) is 9.69 Å². The fourth-order valence-electron chi connectivity index (χ4n) is 3.10. The van der Waals surface area contributed by atoms with Gasteiger partial charge in [-0.1, -0.05) is 18.2 Å². The van der Waals surface area contributed by atoms with Gasteiger partial charge in [0.25, 0.3) is 5.91 Å². The summed E-state index contributed by atoms with van der Waals surface area (Å²) in [7, 11) is 1.76. The van der Waals surface area contributed by atoms with Crippen molar-refractivity contribution in [1.29, 1.82) is 0 Å². The quantitative estimate of drug-likeness (QED) is 0.754. The standard InChI is InChI=1S/C20H21N3O2S/c1-14-7-3-4-8-16(14)21-20-22(2)19(24)17(26-20)13-15-9-10-18(25-15)23-11-5-6-12-23/h3-4,7-10,13H,5-6,11-12H2,1-2H3/b17-13+,21-20?. The van der Waals surface area contributed by atoms with Gasteiger partial charge in [-0.25, -0.2) is 4.99 Å². The second-order valence-corrected chi connectivity index (χ2v) is 7.53. The van der Waals surface area contributed by atoms with Gasteiger partial charge < -0.3 is 9.32 Å². The van der Waals surface area contributed by atoms with Gasteiger partial charge in [-0.2, -0.15) is 0 Å². The van der Waals surface area contributed by atoms with Crippen molar-refractivity contribution in [3.05, 3.63) is 52.6 Å². The normalized spacial score (nSPS) is 20.8. The Kier molecular flexibility index (Phi) is 4.59. The van der Waals surface area contributed by atoms with E-state index in [2.05, 4.69) is 9.89 Å². The van der Waals surface area contributed by atoms with Crippen LogP contribution < -0.4 is 4.90 Å². The highest BCUT2D eigenvalue weighted by Gasteiger charge is 2.31. The predicted octanol–water partition coefficient (Wildman–Crippen LogP) is 4.42. The molecule has 0 atom stereocenters. The van der Waals surface area contributed by atoms with Crippen LogP contribution in [-0.2, 0) is 4.79 Å². The van der Waals surface area contributed by atoms with E-state index in [0.717, 1.165) is 30.2 Å². The summed E-state index contributed by atoms with van der Waals surface area (Å²) in [5.74, 6) is 1.53. The molecule has 0 N–H and O–H groups in total. The molecule has 2 aromatic rings. The zero-order chi connectivity index (χ0) is 18.1. The molecule has 2 saturated heterocycles. The van der Waals surface area contributed by atoms with Crippen molar-refractivity contribution < 1.29 is 9.21 Å². The molecule has 26 heavy (non-hydrogen) atoms. The minimum atomic E-state index is -0.0542. The topological polar surface area (TPSA) is 49.1 Å². The van der Waals surface area contributed by atoms with E-state index in [1.165, 1.54) is 24.6 Å². The van der Waals surface area contributed by atoms with E-state index in [1.807, 2.05) is 49.4 Å². The van der Waals surface area contributed by atoms with Gasteiger partial charge in [-0.05, 0) is 49.2 Å². The molecule has 4 rings (SSSR count). The second kappa shape index (κ2) is 7.03. The van der Waals surface area contributed by atoms with Crippen molar-refractivity contribution in [2.75, 3.05) is 25.0 Å². The molecule has 1 aromatic carbocycles. The van der Waals surface area contributed by atoms with Gasteiger partial charge >= 0.3 is 0 Å². The van der Waals surface area contributed by atoms with E-state index in [4.69, 9.17) is 4.42 Å². The smallest absolute Gasteiger partial charge is 0.266 e. The number of hydrogen-bond acceptors (Lipinski definition) is 5. The molecule has 2 fully saturated rings. The highest BCUT2D eigenvalue weighted by molar-refractivity contribution is 8.18. The number of carbonyl (C=O) groups excluding carboxylic acids is 1. The van der Waals surface area contributed by atoms with Crippen molar-refractivity contribution in [2.45, 2.75) is 19.8 Å². The van der Waals surface area contributed by atoms with E-state index in [0.29, 0.717) is 15.8 Å². The number of likely N-dealkylation sites (N-methyl/N-ethyl adjacent to an activating group) is 1. The number of amidine groups is 1. The number of furan rings is 1. The Morgan fingerprint density at radius 3 is 2.69 bits per heavy atom. The van der Waals surface area contributed by atoms with Crippen molar-refractivity contribution in [1.82, 2.24) is 4.90 Å². The maximum atomic E-state index is 12.6. The first-order valence-electron chi connectivity index (χ1n) is 8.78. The Bertz CT molecular complexity index is 894. The Balaban J connectivity index is 1.57. The number of benzene rings is 1. The summed E-state index contributed by atoms with van der Waals surface area (Å²) in [6, 6.07) is 11.8. The number of rotatable bonds is 3. The summed E-state index contributed by atoms with van der Waals surface area (Å²) < 4.78 is 5.91. The second-order valence-electron chi connectivity index (χ2n) is 6.53. The van der Waals surface area contributed by atoms with E-state index < -0.39 is 0 Å².